The van der Waals surface area contributed by atoms with E-state index in [4.69, 9.17) is 5.73 Å². The molecular weight excluding hydrogens is 372 g/mol. The number of nitrogens with two attached hydrogens (primary N) is 1. The molecule has 0 radical (unpaired) electrons. The first-order valence-electron chi connectivity index (χ1n) is 9.97. The number of hydrogen-bond acceptors (Lipinski definition) is 2. The summed E-state index contributed by atoms with van der Waals surface area (Å²) < 4.78 is 0. The second-order valence-electron chi connectivity index (χ2n) is 7.42. The maximum atomic E-state index is 13.1. The van der Waals surface area contributed by atoms with Gasteiger partial charge >= 0.3 is 0 Å². The fourth-order valence-electron chi connectivity index (χ4n) is 3.25. The molecule has 4 nitrogen and oxygen atoms in total. The topological polar surface area (TPSA) is 63.4 Å². The summed E-state index contributed by atoms with van der Waals surface area (Å²) in [7, 11) is 0. The molecule has 2 N–H and O–H groups in total. The summed E-state index contributed by atoms with van der Waals surface area (Å²) in [4.78, 5) is 26.3. The minimum atomic E-state index is -0.452. The highest BCUT2D eigenvalue weighted by Gasteiger charge is 2.33. The highest BCUT2D eigenvalue weighted by Crippen LogP contribution is 2.30. The molecular formula is C26H22N2O2. The molecule has 148 valence electrons. The molecule has 1 aliphatic carbocycles. The quantitative estimate of drug-likeness (QED) is 0.665. The highest BCUT2D eigenvalue weighted by atomic mass is 16.2. The van der Waals surface area contributed by atoms with Crippen molar-refractivity contribution >= 4 is 11.8 Å². The zero-order chi connectivity index (χ0) is 20.9. The first-order chi connectivity index (χ1) is 14.6. The summed E-state index contributed by atoms with van der Waals surface area (Å²) in [5.41, 5.74) is 9.23. The van der Waals surface area contributed by atoms with Crippen molar-refractivity contribution < 1.29 is 9.59 Å². The van der Waals surface area contributed by atoms with Crippen molar-refractivity contribution in [3.63, 3.8) is 0 Å². The Bertz CT molecular complexity index is 1100. The Hall–Kier alpha value is -3.84. The molecule has 1 aliphatic rings. The highest BCUT2D eigenvalue weighted by molar-refractivity contribution is 5.95. The van der Waals surface area contributed by atoms with Gasteiger partial charge in [-0.2, -0.15) is 0 Å². The number of rotatable bonds is 5. The summed E-state index contributed by atoms with van der Waals surface area (Å²) in [5, 5.41) is 0. The van der Waals surface area contributed by atoms with E-state index < -0.39 is 5.91 Å². The first kappa shape index (κ1) is 19.5. The zero-order valence-corrected chi connectivity index (χ0v) is 16.5. The lowest BCUT2D eigenvalue weighted by atomic mass is 10.1. The van der Waals surface area contributed by atoms with Crippen molar-refractivity contribution in [2.45, 2.75) is 25.4 Å². The Morgan fingerprint density at radius 3 is 1.93 bits per heavy atom. The molecule has 0 spiro atoms. The van der Waals surface area contributed by atoms with Crippen LogP contribution in [0.3, 0.4) is 0 Å². The van der Waals surface area contributed by atoms with Crippen molar-refractivity contribution in [2.75, 3.05) is 0 Å². The van der Waals surface area contributed by atoms with Gasteiger partial charge in [0.25, 0.3) is 5.91 Å². The molecule has 0 atom stereocenters. The van der Waals surface area contributed by atoms with Crippen molar-refractivity contribution in [1.29, 1.82) is 0 Å². The Morgan fingerprint density at radius 2 is 1.37 bits per heavy atom. The number of carbonyl (C=O) groups is 2. The summed E-state index contributed by atoms with van der Waals surface area (Å²) in [5.74, 6) is 5.82. The van der Waals surface area contributed by atoms with Gasteiger partial charge in [0.05, 0.1) is 0 Å². The predicted octanol–water partition coefficient (Wildman–Crippen LogP) is 3.99. The van der Waals surface area contributed by atoms with E-state index in [2.05, 4.69) is 11.8 Å². The lowest BCUT2D eigenvalue weighted by molar-refractivity contribution is 0.0729. The minimum Gasteiger partial charge on any atom is -0.366 e. The Balaban J connectivity index is 1.47. The summed E-state index contributed by atoms with van der Waals surface area (Å²) in [6.07, 6.45) is 2.04. The number of hydrogen-bond donors (Lipinski definition) is 1. The van der Waals surface area contributed by atoms with Gasteiger partial charge in [-0.3, -0.25) is 9.59 Å². The number of benzene rings is 3. The van der Waals surface area contributed by atoms with Gasteiger partial charge in [0.1, 0.15) is 0 Å². The zero-order valence-electron chi connectivity index (χ0n) is 16.5. The third-order valence-corrected chi connectivity index (χ3v) is 5.10. The van der Waals surface area contributed by atoms with E-state index in [0.29, 0.717) is 17.7 Å². The second-order valence-corrected chi connectivity index (χ2v) is 7.42. The molecule has 4 heteroatoms. The molecule has 1 saturated carbocycles. The van der Waals surface area contributed by atoms with E-state index >= 15 is 0 Å². The van der Waals surface area contributed by atoms with Gasteiger partial charge in [-0.05, 0) is 66.9 Å². The van der Waals surface area contributed by atoms with Crippen LogP contribution in [0.15, 0.2) is 78.9 Å². The van der Waals surface area contributed by atoms with Crippen LogP contribution in [0.4, 0.5) is 0 Å². The molecule has 3 aromatic rings. The van der Waals surface area contributed by atoms with Crippen molar-refractivity contribution in [3.8, 4) is 11.8 Å². The molecule has 30 heavy (non-hydrogen) atoms. The van der Waals surface area contributed by atoms with Gasteiger partial charge in [0.15, 0.2) is 0 Å². The lowest BCUT2D eigenvalue weighted by Crippen LogP contribution is -2.32. The third kappa shape index (κ3) is 4.76. The van der Waals surface area contributed by atoms with E-state index in [9.17, 15) is 9.59 Å². The van der Waals surface area contributed by atoms with Crippen LogP contribution in [0.25, 0.3) is 0 Å². The predicted molar refractivity (Wildman–Crippen MR) is 117 cm³/mol. The Labute approximate surface area is 176 Å². The fourth-order valence-corrected chi connectivity index (χ4v) is 3.25. The first-order valence-corrected chi connectivity index (χ1v) is 9.97. The molecule has 0 unspecified atom stereocenters. The molecule has 0 aliphatic heterocycles. The molecule has 0 aromatic heterocycles. The molecule has 3 aromatic carbocycles. The van der Waals surface area contributed by atoms with Crippen LogP contribution in [0.5, 0.6) is 0 Å². The van der Waals surface area contributed by atoms with Crippen LogP contribution in [0, 0.1) is 11.8 Å². The summed E-state index contributed by atoms with van der Waals surface area (Å²) in [6, 6.07) is 24.6. The normalized spacial score (nSPS) is 12.5. The number of primary amides is 1. The molecule has 0 saturated heterocycles. The van der Waals surface area contributed by atoms with Crippen LogP contribution >= 0.6 is 0 Å². The van der Waals surface area contributed by atoms with Crippen LogP contribution in [0.1, 0.15) is 50.2 Å². The SMILES string of the molecule is NC(=O)c1ccc(CN(C(=O)c2ccc(C#Cc3ccccc3)cc2)C2CC2)cc1. The molecule has 0 bridgehead atoms. The largest absolute Gasteiger partial charge is 0.366 e. The van der Waals surface area contributed by atoms with Gasteiger partial charge in [-0.15, -0.1) is 0 Å². The number of nitrogens with zero attached hydrogens (tertiary/aromatic N) is 1. The summed E-state index contributed by atoms with van der Waals surface area (Å²) >= 11 is 0. The molecule has 4 rings (SSSR count). The van der Waals surface area contributed by atoms with Crippen LogP contribution < -0.4 is 5.73 Å². The molecule has 0 heterocycles. The average molecular weight is 394 g/mol. The van der Waals surface area contributed by atoms with E-state index in [1.807, 2.05) is 71.6 Å². The third-order valence-electron chi connectivity index (χ3n) is 5.10. The minimum absolute atomic E-state index is 0.0130. The van der Waals surface area contributed by atoms with Gasteiger partial charge in [0.2, 0.25) is 5.91 Å². The van der Waals surface area contributed by atoms with Crippen molar-refractivity contribution in [3.05, 3.63) is 107 Å². The van der Waals surface area contributed by atoms with E-state index in [0.717, 1.165) is 29.5 Å². The van der Waals surface area contributed by atoms with Gasteiger partial charge in [-0.1, -0.05) is 42.2 Å². The number of amides is 2. The van der Waals surface area contributed by atoms with E-state index in [1.165, 1.54) is 0 Å². The monoisotopic (exact) mass is 394 g/mol. The van der Waals surface area contributed by atoms with Crippen LogP contribution in [0.2, 0.25) is 0 Å². The maximum Gasteiger partial charge on any atom is 0.254 e. The van der Waals surface area contributed by atoms with Gasteiger partial charge in [0, 0.05) is 34.8 Å². The Kier molecular flexibility index (Phi) is 5.63. The second kappa shape index (κ2) is 8.67. The van der Waals surface area contributed by atoms with Crippen LogP contribution in [-0.4, -0.2) is 22.8 Å². The average Bonchev–Trinajstić information content (AvgIpc) is 3.62. The molecule has 2 amide bonds. The maximum absolute atomic E-state index is 13.1. The van der Waals surface area contributed by atoms with Crippen LogP contribution in [-0.2, 0) is 6.54 Å². The number of carbonyl (C=O) groups excluding carboxylic acids is 2. The van der Waals surface area contributed by atoms with E-state index in [1.54, 1.807) is 12.1 Å². The van der Waals surface area contributed by atoms with Gasteiger partial charge in [-0.25, -0.2) is 0 Å². The fraction of sp³-hybridized carbons (Fsp3) is 0.154. The standard InChI is InChI=1S/C26H22N2O2/c27-25(29)22-12-10-21(11-13-22)18-28(24-16-17-24)26(30)23-14-8-20(9-15-23)7-6-19-4-2-1-3-5-19/h1-5,8-15,24H,16-18H2,(H2,27,29). The Morgan fingerprint density at radius 1 is 0.800 bits per heavy atom. The lowest BCUT2D eigenvalue weighted by Gasteiger charge is -2.23. The molecule has 1 fully saturated rings. The van der Waals surface area contributed by atoms with Gasteiger partial charge < -0.3 is 10.6 Å². The summed E-state index contributed by atoms with van der Waals surface area (Å²) in [6.45, 7) is 0.512. The smallest absolute Gasteiger partial charge is 0.254 e. The van der Waals surface area contributed by atoms with E-state index in [-0.39, 0.29) is 11.9 Å². The van der Waals surface area contributed by atoms with Crippen molar-refractivity contribution in [2.24, 2.45) is 5.73 Å². The van der Waals surface area contributed by atoms with Crippen molar-refractivity contribution in [1.82, 2.24) is 4.90 Å².